The van der Waals surface area contributed by atoms with Gasteiger partial charge in [0, 0.05) is 82.4 Å². The third kappa shape index (κ3) is 16.6. The third-order valence-corrected chi connectivity index (χ3v) is 23.4. The maximum absolute atomic E-state index is 10.4. The normalized spacial score (nSPS) is 10.7. The van der Waals surface area contributed by atoms with E-state index in [0.29, 0.717) is 137 Å². The maximum Gasteiger partial charge on any atom is 0.189 e. The highest BCUT2D eigenvalue weighted by molar-refractivity contribution is 6.14. The van der Waals surface area contributed by atoms with Gasteiger partial charge in [-0.2, -0.15) is 36.8 Å². The van der Waals surface area contributed by atoms with E-state index in [1.807, 2.05) is 219 Å². The van der Waals surface area contributed by atoms with Crippen molar-refractivity contribution in [3.63, 3.8) is 0 Å². The molecule has 0 aliphatic carbocycles. The Morgan fingerprint density at radius 2 is 0.467 bits per heavy atom. The van der Waals surface area contributed by atoms with Crippen LogP contribution in [0.25, 0.3) is 203 Å². The fourth-order valence-corrected chi connectivity index (χ4v) is 17.4. The molecule has 0 amide bonds. The lowest BCUT2D eigenvalue weighted by molar-refractivity contribution is 0.927. The van der Waals surface area contributed by atoms with Crippen molar-refractivity contribution in [3.8, 4) is 161 Å². The first-order chi connectivity index (χ1) is 66.9. The van der Waals surface area contributed by atoms with E-state index in [4.69, 9.17) is 41.2 Å². The molecule has 137 heavy (non-hydrogen) atoms. The molecule has 23 nitrogen and oxygen atoms in total. The zero-order valence-corrected chi connectivity index (χ0v) is 73.2. The Morgan fingerprint density at radius 3 is 0.796 bits per heavy atom. The van der Waals surface area contributed by atoms with Crippen molar-refractivity contribution in [1.29, 1.82) is 36.8 Å². The second-order valence-corrected chi connectivity index (χ2v) is 32.0. The van der Waals surface area contributed by atoms with Gasteiger partial charge in [-0.15, -0.1) is 0 Å². The van der Waals surface area contributed by atoms with Gasteiger partial charge in [0.1, 0.15) is 41.5 Å². The van der Waals surface area contributed by atoms with Gasteiger partial charge in [-0.3, -0.25) is 0 Å². The van der Waals surface area contributed by atoms with Gasteiger partial charge in [-0.25, -0.2) is 64.2 Å². The number of aromatic nitrogens is 12. The van der Waals surface area contributed by atoms with Crippen LogP contribution in [0.4, 0.5) is 22.7 Å². The summed E-state index contributed by atoms with van der Waals surface area (Å²) in [6, 6.07) is 113. The summed E-state index contributed by atoms with van der Waals surface area (Å²) >= 11 is 0. The van der Waals surface area contributed by atoms with Gasteiger partial charge in [0.05, 0.1) is 117 Å². The molecular formula is C114H63N23. The first-order valence-electron chi connectivity index (χ1n) is 42.7. The van der Waals surface area contributed by atoms with Gasteiger partial charge in [0.25, 0.3) is 0 Å². The predicted octanol–water partition coefficient (Wildman–Crippen LogP) is 26.4. The monoisotopic (exact) mass is 1750 g/mol. The SMILES string of the molecule is [C-]#[N+]c1cc(C#N)cc(-c2ccc3c(c2)c2ccccc2n3-c2cc(-c3nc(-c4ccccc4)nc(-c4ccccc4)n3)ccc2C#N)c1.[C-]#[N+]c1cc(C#N)cc(-c2ccc3c4ccc(-c5cc(C#N)cc([N+]#[C-])c5)cc4n(-c4cc(-c5nc(C)nc(C)n5)ccc4C#N)c3c2)c1.[C-]#[N+]c1cc(C#N)cc(-c2ccc3c4ccccc4n(-c4cc(-c5nc(C)nc(C)n5)ccc4C#N)c3c2)c1. The van der Waals surface area contributed by atoms with Gasteiger partial charge in [0.2, 0.25) is 0 Å². The molecule has 0 aliphatic heterocycles. The van der Waals surface area contributed by atoms with Crippen molar-refractivity contribution < 1.29 is 0 Å². The van der Waals surface area contributed by atoms with Crippen molar-refractivity contribution in [1.82, 2.24) is 58.6 Å². The van der Waals surface area contributed by atoms with Crippen LogP contribution in [-0.4, -0.2) is 58.6 Å². The number of hydrogen-bond donors (Lipinski definition) is 0. The minimum atomic E-state index is 0.361. The standard InChI is InChI=1S/C42H23N7.C40H21N9.C32H19N7/c1-45-34-21-27(25-43)20-33(22-34)30-18-19-38-36(23-30)35-14-8-9-15-37(35)49(38)39-24-31(16-17-32(39)26-44)42-47-40(28-10-4-2-5-11-28)46-41(48-42)29-12-6-3-7-13-29;1-23-46-24(2)48-40(47-23)29-5-6-30(22-43)37(19-29)49-38-17-27(31-11-25(20-41)13-33(15-31)44-3)7-9-35(38)36-10-8-28(18-39(36)49)32-12-26(21-42)14-34(16-32)45-4;1-19-36-20(2)38-32(37-19)23-8-9-24(18-34)30(16-23)39-29-7-5-4-6-27(29)28-11-10-22(15-31(28)39)25-12-21(17-33)13-26(14-25)35-3/h2-24H;5-19H,1-2H3;4-16H,1-2H3. The summed E-state index contributed by atoms with van der Waals surface area (Å²) in [7, 11) is 0. The molecule has 21 aromatic rings. The van der Waals surface area contributed by atoms with Crippen LogP contribution in [-0.2, 0) is 0 Å². The Bertz CT molecular complexity index is 8840. The van der Waals surface area contributed by atoms with Gasteiger partial charge >= 0.3 is 0 Å². The molecule has 21 rings (SSSR count). The number of benzene rings is 15. The van der Waals surface area contributed by atoms with E-state index in [2.05, 4.69) is 125 Å². The number of nitrogens with zero attached hydrogens (tertiary/aromatic N) is 23. The average Bonchev–Trinajstić information content (AvgIpc) is 1.59. The molecule has 0 aliphatic rings. The number of nitriles is 7. The molecule has 0 N–H and O–H groups in total. The van der Waals surface area contributed by atoms with Crippen molar-refractivity contribution in [2.24, 2.45) is 0 Å². The van der Waals surface area contributed by atoms with Gasteiger partial charge in [-0.05, 0) is 242 Å². The largest absolute Gasteiger partial charge is 0.308 e. The van der Waals surface area contributed by atoms with Crippen LogP contribution < -0.4 is 0 Å². The summed E-state index contributed by atoms with van der Waals surface area (Å²) in [6.45, 7) is 37.4. The van der Waals surface area contributed by atoms with Crippen molar-refractivity contribution in [3.05, 3.63) is 417 Å². The van der Waals surface area contributed by atoms with E-state index in [1.165, 1.54) is 0 Å². The lowest BCUT2D eigenvalue weighted by atomic mass is 9.99. The molecule has 0 fully saturated rings. The number of para-hydroxylation sites is 2. The first kappa shape index (κ1) is 85.6. The molecule has 634 valence electrons. The molecule has 0 saturated carbocycles. The van der Waals surface area contributed by atoms with E-state index < -0.39 is 0 Å². The van der Waals surface area contributed by atoms with Crippen molar-refractivity contribution in [2.75, 3.05) is 0 Å². The highest BCUT2D eigenvalue weighted by atomic mass is 15.1. The van der Waals surface area contributed by atoms with Crippen molar-refractivity contribution >= 4 is 88.2 Å². The number of fused-ring (bicyclic) bond motifs is 9. The zero-order chi connectivity index (χ0) is 94.6. The minimum absolute atomic E-state index is 0.361. The van der Waals surface area contributed by atoms with E-state index >= 15 is 0 Å². The molecule has 0 spiro atoms. The Kier molecular flexibility index (Phi) is 22.7. The predicted molar refractivity (Wildman–Crippen MR) is 528 cm³/mol. The molecule has 6 heterocycles. The molecule has 23 heteroatoms. The van der Waals surface area contributed by atoms with Crippen LogP contribution in [0.2, 0.25) is 0 Å². The average molecular weight is 1750 g/mol. The highest BCUT2D eigenvalue weighted by Crippen LogP contribution is 2.44. The van der Waals surface area contributed by atoms with Crippen LogP contribution in [0.1, 0.15) is 62.2 Å². The van der Waals surface area contributed by atoms with E-state index in [0.717, 1.165) is 132 Å². The minimum Gasteiger partial charge on any atom is -0.308 e. The molecular weight excluding hydrogens is 1690 g/mol. The smallest absolute Gasteiger partial charge is 0.189 e. The van der Waals surface area contributed by atoms with Crippen LogP contribution in [0.5, 0.6) is 0 Å². The Morgan fingerprint density at radius 1 is 0.204 bits per heavy atom. The van der Waals surface area contributed by atoms with Gasteiger partial charge < -0.3 is 13.7 Å². The van der Waals surface area contributed by atoms with E-state index in [-0.39, 0.29) is 0 Å². The highest BCUT2D eigenvalue weighted by Gasteiger charge is 2.25. The molecule has 0 saturated heterocycles. The summed E-state index contributed by atoms with van der Waals surface area (Å²) in [5.41, 5.74) is 22.2. The van der Waals surface area contributed by atoms with Crippen LogP contribution in [0.3, 0.4) is 0 Å². The lowest BCUT2D eigenvalue weighted by Crippen LogP contribution is -2.02. The molecule has 0 unspecified atom stereocenters. The summed E-state index contributed by atoms with van der Waals surface area (Å²) in [5, 5.41) is 75.1. The molecule has 15 aromatic carbocycles. The van der Waals surface area contributed by atoms with Crippen LogP contribution >= 0.6 is 0 Å². The molecule has 0 radical (unpaired) electrons. The summed E-state index contributed by atoms with van der Waals surface area (Å²) in [6.07, 6.45) is 0. The summed E-state index contributed by atoms with van der Waals surface area (Å²) in [5.74, 6) is 5.06. The molecule has 0 bridgehead atoms. The first-order valence-corrected chi connectivity index (χ1v) is 42.7. The molecule has 0 atom stereocenters. The second kappa shape index (κ2) is 36.3. The third-order valence-electron chi connectivity index (χ3n) is 23.4. The van der Waals surface area contributed by atoms with Crippen LogP contribution in [0.15, 0.2) is 309 Å². The topological polar surface area (TPSA) is 315 Å². The summed E-state index contributed by atoms with van der Waals surface area (Å²) in [4.78, 5) is 55.7. The van der Waals surface area contributed by atoms with Crippen LogP contribution in [0, 0.1) is 133 Å². The van der Waals surface area contributed by atoms with Gasteiger partial charge in [0.15, 0.2) is 51.9 Å². The Hall–Kier alpha value is -20.9. The van der Waals surface area contributed by atoms with E-state index in [1.54, 1.807) is 98.8 Å². The number of rotatable bonds is 12. The zero-order valence-electron chi connectivity index (χ0n) is 73.2. The number of hydrogen-bond acceptors (Lipinski definition) is 16. The quantitative estimate of drug-likeness (QED) is 0.103. The fraction of sp³-hybridized carbons (Fsp3) is 0.0351. The lowest BCUT2D eigenvalue weighted by Gasteiger charge is -2.13. The van der Waals surface area contributed by atoms with Crippen molar-refractivity contribution in [2.45, 2.75) is 27.7 Å². The summed E-state index contributed by atoms with van der Waals surface area (Å²) < 4.78 is 6.21. The fourth-order valence-electron chi connectivity index (χ4n) is 17.4. The molecule has 6 aromatic heterocycles. The Balaban J connectivity index is 0.000000133. The number of aryl methyl sites for hydroxylation is 4. The maximum atomic E-state index is 10.4. The van der Waals surface area contributed by atoms with Gasteiger partial charge in [-0.1, -0.05) is 140 Å². The second-order valence-electron chi connectivity index (χ2n) is 32.0. The Labute approximate surface area is 784 Å². The van der Waals surface area contributed by atoms with E-state index in [9.17, 15) is 36.8 Å².